The Morgan fingerprint density at radius 2 is 1.35 bits per heavy atom. The molecular weight excluding hydrogens is 418 g/mol. The number of aliphatic imine (C=N–C) groups is 1. The molecule has 0 amide bonds. The number of aryl methyl sites for hydroxylation is 1. The highest BCUT2D eigenvalue weighted by atomic mass is 32.2. The summed E-state index contributed by atoms with van der Waals surface area (Å²) in [6.07, 6.45) is 0.925. The highest BCUT2D eigenvalue weighted by Gasteiger charge is 2.50. The first-order chi connectivity index (χ1) is 15.3. The smallest absolute Gasteiger partial charge is 0.196 e. The lowest BCUT2D eigenvalue weighted by Gasteiger charge is -2.36. The van der Waals surface area contributed by atoms with Crippen molar-refractivity contribution in [2.24, 2.45) is 4.99 Å². The van der Waals surface area contributed by atoms with Gasteiger partial charge in [0.15, 0.2) is 5.78 Å². The first-order valence-electron chi connectivity index (χ1n) is 10.3. The van der Waals surface area contributed by atoms with E-state index in [1.165, 1.54) is 16.9 Å². The molecule has 5 rings (SSSR count). The summed E-state index contributed by atoms with van der Waals surface area (Å²) in [6, 6.07) is 32.6. The van der Waals surface area contributed by atoms with Crippen molar-refractivity contribution < 1.29 is 4.79 Å². The third kappa shape index (κ3) is 3.56. The van der Waals surface area contributed by atoms with Crippen LogP contribution in [0.1, 0.15) is 26.4 Å². The molecular formula is C27H21NOS2. The summed E-state index contributed by atoms with van der Waals surface area (Å²) in [7, 11) is 0. The SMILES string of the molecule is O=C1c2sccc2N=C(SCCc2ccccc2)C1(c1ccccc1)c1ccccc1. The van der Waals surface area contributed by atoms with Crippen molar-refractivity contribution in [3.63, 3.8) is 0 Å². The van der Waals surface area contributed by atoms with Gasteiger partial charge >= 0.3 is 0 Å². The Labute approximate surface area is 190 Å². The molecule has 0 saturated heterocycles. The number of rotatable bonds is 5. The van der Waals surface area contributed by atoms with Gasteiger partial charge in [-0.25, -0.2) is 4.99 Å². The Morgan fingerprint density at radius 3 is 1.97 bits per heavy atom. The van der Waals surface area contributed by atoms with Gasteiger partial charge in [-0.15, -0.1) is 23.1 Å². The molecule has 0 radical (unpaired) electrons. The highest BCUT2D eigenvalue weighted by Crippen LogP contribution is 2.47. The summed E-state index contributed by atoms with van der Waals surface area (Å²) in [5, 5.41) is 2.82. The van der Waals surface area contributed by atoms with Crippen molar-refractivity contribution in [1.29, 1.82) is 0 Å². The van der Waals surface area contributed by atoms with Crippen LogP contribution in [0.2, 0.25) is 0 Å². The fourth-order valence-corrected chi connectivity index (χ4v) is 6.19. The third-order valence-electron chi connectivity index (χ3n) is 5.62. The van der Waals surface area contributed by atoms with E-state index in [-0.39, 0.29) is 5.78 Å². The number of thiophene rings is 1. The standard InChI is InChI=1S/C27H21NOS2/c29-25-24-23(17-19-30-24)28-26(31-18-16-20-10-4-1-5-11-20)27(25,21-12-6-2-7-13-21)22-14-8-3-9-15-22/h1-15,17,19H,16,18H2. The van der Waals surface area contributed by atoms with Gasteiger partial charge in [0.25, 0.3) is 0 Å². The maximum absolute atomic E-state index is 14.2. The lowest BCUT2D eigenvalue weighted by Crippen LogP contribution is -2.45. The van der Waals surface area contributed by atoms with E-state index in [0.717, 1.165) is 38.9 Å². The lowest BCUT2D eigenvalue weighted by atomic mass is 9.70. The van der Waals surface area contributed by atoms with Crippen LogP contribution in [-0.2, 0) is 11.8 Å². The molecule has 4 heteroatoms. The van der Waals surface area contributed by atoms with Gasteiger partial charge in [-0.3, -0.25) is 4.79 Å². The number of ketones is 1. The normalized spacial score (nSPS) is 14.7. The molecule has 0 bridgehead atoms. The average molecular weight is 440 g/mol. The van der Waals surface area contributed by atoms with E-state index < -0.39 is 5.41 Å². The Kier molecular flexibility index (Phi) is 5.58. The molecule has 2 nitrogen and oxygen atoms in total. The number of Topliss-reactive ketones (excluding diaryl/α,β-unsaturated/α-hetero) is 1. The van der Waals surface area contributed by atoms with E-state index in [9.17, 15) is 4.79 Å². The first kappa shape index (κ1) is 20.0. The summed E-state index contributed by atoms with van der Waals surface area (Å²) < 4.78 is 0. The topological polar surface area (TPSA) is 29.4 Å². The second kappa shape index (κ2) is 8.66. The van der Waals surface area contributed by atoms with Crippen LogP contribution in [0, 0.1) is 0 Å². The molecule has 0 spiro atoms. The molecule has 0 N–H and O–H groups in total. The molecule has 31 heavy (non-hydrogen) atoms. The number of benzene rings is 3. The van der Waals surface area contributed by atoms with Crippen molar-refractivity contribution in [2.45, 2.75) is 11.8 Å². The zero-order valence-electron chi connectivity index (χ0n) is 16.9. The fourth-order valence-electron chi connectivity index (χ4n) is 4.12. The van der Waals surface area contributed by atoms with E-state index in [0.29, 0.717) is 0 Å². The van der Waals surface area contributed by atoms with Crippen molar-refractivity contribution in [2.75, 3.05) is 5.75 Å². The second-order valence-corrected chi connectivity index (χ2v) is 9.45. The van der Waals surface area contributed by atoms with E-state index in [2.05, 4.69) is 48.5 Å². The Bertz CT molecular complexity index is 1170. The molecule has 2 heterocycles. The molecule has 3 aromatic carbocycles. The maximum atomic E-state index is 14.2. The number of thioether (sulfide) groups is 1. The van der Waals surface area contributed by atoms with Crippen LogP contribution in [0.3, 0.4) is 0 Å². The minimum Gasteiger partial charge on any atom is -0.291 e. The number of carbonyl (C=O) groups excluding carboxylic acids is 1. The Morgan fingerprint density at radius 1 is 0.774 bits per heavy atom. The number of carbonyl (C=O) groups is 1. The van der Waals surface area contributed by atoms with Gasteiger partial charge in [0.1, 0.15) is 5.41 Å². The molecule has 0 aliphatic carbocycles. The van der Waals surface area contributed by atoms with Crippen LogP contribution in [0.25, 0.3) is 0 Å². The summed E-state index contributed by atoms with van der Waals surface area (Å²) in [5.41, 5.74) is 3.10. The van der Waals surface area contributed by atoms with E-state index in [4.69, 9.17) is 4.99 Å². The van der Waals surface area contributed by atoms with Gasteiger partial charge in [-0.05, 0) is 34.6 Å². The van der Waals surface area contributed by atoms with Gasteiger partial charge in [0, 0.05) is 5.75 Å². The first-order valence-corrected chi connectivity index (χ1v) is 12.2. The molecule has 0 atom stereocenters. The van der Waals surface area contributed by atoms with Crippen LogP contribution in [-0.4, -0.2) is 16.6 Å². The van der Waals surface area contributed by atoms with E-state index in [1.807, 2.05) is 53.9 Å². The largest absolute Gasteiger partial charge is 0.291 e. The number of hydrogen-bond donors (Lipinski definition) is 0. The third-order valence-corrected chi connectivity index (χ3v) is 7.60. The highest BCUT2D eigenvalue weighted by molar-refractivity contribution is 8.14. The van der Waals surface area contributed by atoms with Gasteiger partial charge < -0.3 is 0 Å². The minimum absolute atomic E-state index is 0.118. The van der Waals surface area contributed by atoms with Crippen LogP contribution in [0.5, 0.6) is 0 Å². The van der Waals surface area contributed by atoms with Gasteiger partial charge in [0.2, 0.25) is 0 Å². The number of hydrogen-bond acceptors (Lipinski definition) is 4. The molecule has 0 unspecified atom stereocenters. The predicted molar refractivity (Wildman–Crippen MR) is 132 cm³/mol. The van der Waals surface area contributed by atoms with Crippen molar-refractivity contribution in [1.82, 2.24) is 0 Å². The monoisotopic (exact) mass is 439 g/mol. The van der Waals surface area contributed by atoms with Crippen LogP contribution in [0.4, 0.5) is 5.69 Å². The molecule has 0 saturated carbocycles. The van der Waals surface area contributed by atoms with E-state index in [1.54, 1.807) is 11.8 Å². The lowest BCUT2D eigenvalue weighted by molar-refractivity contribution is 0.0953. The minimum atomic E-state index is -0.915. The van der Waals surface area contributed by atoms with Crippen LogP contribution >= 0.6 is 23.1 Å². The van der Waals surface area contributed by atoms with Crippen molar-refractivity contribution in [3.05, 3.63) is 124 Å². The molecule has 1 aliphatic heterocycles. The average Bonchev–Trinajstić information content (AvgIpc) is 3.30. The van der Waals surface area contributed by atoms with Crippen LogP contribution < -0.4 is 0 Å². The van der Waals surface area contributed by atoms with Gasteiger partial charge in [-0.1, -0.05) is 91.0 Å². The zero-order chi connectivity index (χ0) is 21.1. The summed E-state index contributed by atoms with van der Waals surface area (Å²) in [4.78, 5) is 20.0. The molecule has 0 fully saturated rings. The van der Waals surface area contributed by atoms with Crippen molar-refractivity contribution in [3.8, 4) is 0 Å². The molecule has 152 valence electrons. The number of nitrogens with zero attached hydrogens (tertiary/aromatic N) is 1. The predicted octanol–water partition coefficient (Wildman–Crippen LogP) is 6.94. The summed E-state index contributed by atoms with van der Waals surface area (Å²) in [6.45, 7) is 0. The van der Waals surface area contributed by atoms with Gasteiger partial charge in [0.05, 0.1) is 15.6 Å². The summed E-state index contributed by atoms with van der Waals surface area (Å²) in [5.74, 6) is 0.976. The summed E-state index contributed by atoms with van der Waals surface area (Å²) >= 11 is 3.18. The fraction of sp³-hybridized carbons (Fsp3) is 0.111. The number of fused-ring (bicyclic) bond motifs is 1. The van der Waals surface area contributed by atoms with Crippen molar-refractivity contribution >= 4 is 39.6 Å². The quantitative estimate of drug-likeness (QED) is 0.337. The molecule has 4 aromatic rings. The van der Waals surface area contributed by atoms with E-state index >= 15 is 0 Å². The molecule has 1 aromatic heterocycles. The molecule has 1 aliphatic rings. The second-order valence-electron chi connectivity index (χ2n) is 7.45. The zero-order valence-corrected chi connectivity index (χ0v) is 18.5. The van der Waals surface area contributed by atoms with Crippen LogP contribution in [0.15, 0.2) is 107 Å². The Balaban J connectivity index is 1.63. The maximum Gasteiger partial charge on any atom is 0.196 e. The Hall–Kier alpha value is -2.95. The van der Waals surface area contributed by atoms with Gasteiger partial charge in [-0.2, -0.15) is 0 Å².